The second kappa shape index (κ2) is 7.68. The maximum atomic E-state index is 12.6. The van der Waals surface area contributed by atoms with Crippen LogP contribution in [-0.4, -0.2) is 42.7 Å². The predicted octanol–water partition coefficient (Wildman–Crippen LogP) is 2.10. The van der Waals surface area contributed by atoms with Gasteiger partial charge in [-0.1, -0.05) is 29.8 Å². The lowest BCUT2D eigenvalue weighted by molar-refractivity contribution is -0.152. The van der Waals surface area contributed by atoms with E-state index in [1.54, 1.807) is 11.5 Å². The van der Waals surface area contributed by atoms with E-state index in [0.29, 0.717) is 18.1 Å². The van der Waals surface area contributed by atoms with Crippen molar-refractivity contribution in [2.75, 3.05) is 0 Å². The number of unbranched alkanes of at least 4 members (excludes halogenated alkanes) is 1. The molecule has 1 N–H and O–H groups in total. The van der Waals surface area contributed by atoms with Gasteiger partial charge in [-0.25, -0.2) is 4.79 Å². The number of hydrogen-bond donors (Lipinski definition) is 1. The second-order valence-corrected chi connectivity index (χ2v) is 6.84. The average Bonchev–Trinajstić information content (AvgIpc) is 2.99. The minimum Gasteiger partial charge on any atom is -0.480 e. The molecule has 0 saturated carbocycles. The van der Waals surface area contributed by atoms with Gasteiger partial charge in [-0.05, 0) is 38.7 Å². The Balaban J connectivity index is 1.56. The molecule has 1 aliphatic heterocycles. The molecule has 26 heavy (non-hydrogen) atoms. The summed E-state index contributed by atoms with van der Waals surface area (Å²) in [4.78, 5) is 25.6. The molecule has 0 saturated heterocycles. The first-order valence-corrected chi connectivity index (χ1v) is 8.92. The summed E-state index contributed by atoms with van der Waals surface area (Å²) in [6.07, 6.45) is 2.91. The van der Waals surface area contributed by atoms with Crippen LogP contribution in [0, 0.1) is 13.8 Å². The number of aromatic nitrogens is 3. The van der Waals surface area contributed by atoms with Crippen LogP contribution in [0.15, 0.2) is 24.3 Å². The molecule has 1 atom stereocenters. The van der Waals surface area contributed by atoms with Gasteiger partial charge in [0.05, 0.1) is 13.1 Å². The van der Waals surface area contributed by atoms with Gasteiger partial charge >= 0.3 is 5.97 Å². The van der Waals surface area contributed by atoms with E-state index in [0.717, 1.165) is 19.3 Å². The zero-order valence-corrected chi connectivity index (χ0v) is 15.2. The highest BCUT2D eigenvalue weighted by atomic mass is 16.4. The molecule has 0 fully saturated rings. The molecule has 7 heteroatoms. The van der Waals surface area contributed by atoms with Gasteiger partial charge in [0.25, 0.3) is 0 Å². The number of carbonyl (C=O) groups is 2. The Bertz CT molecular complexity index is 798. The summed E-state index contributed by atoms with van der Waals surface area (Å²) in [6, 6.07) is 7.53. The van der Waals surface area contributed by atoms with Gasteiger partial charge in [0.15, 0.2) is 5.82 Å². The molecule has 2 heterocycles. The number of aliphatic carboxylic acids is 1. The van der Waals surface area contributed by atoms with Crippen LogP contribution in [0.3, 0.4) is 0 Å². The first kappa shape index (κ1) is 18.1. The third-order valence-corrected chi connectivity index (χ3v) is 4.89. The number of hydrogen-bond acceptors (Lipinski definition) is 4. The van der Waals surface area contributed by atoms with E-state index in [1.165, 1.54) is 16.0 Å². The van der Waals surface area contributed by atoms with Crippen LogP contribution in [0.2, 0.25) is 0 Å². The molecule has 1 aliphatic rings. The van der Waals surface area contributed by atoms with Gasteiger partial charge < -0.3 is 14.6 Å². The number of carbonyl (C=O) groups excluding carboxylic acids is 1. The van der Waals surface area contributed by atoms with Crippen molar-refractivity contribution in [3.63, 3.8) is 0 Å². The summed E-state index contributed by atoms with van der Waals surface area (Å²) in [7, 11) is 0. The van der Waals surface area contributed by atoms with E-state index in [4.69, 9.17) is 0 Å². The quantitative estimate of drug-likeness (QED) is 0.801. The standard InChI is InChI=1S/C19H24N4O3/c1-13-7-9-15(10-8-13)5-3-4-6-18(24)23-12-17-21-20-14(2)22(17)11-16(23)19(25)26/h7-10,16H,3-6,11-12H2,1-2H3,(H,25,26). The molecule has 0 radical (unpaired) electrons. The smallest absolute Gasteiger partial charge is 0.328 e. The van der Waals surface area contributed by atoms with Crippen LogP contribution in [0.4, 0.5) is 0 Å². The van der Waals surface area contributed by atoms with Crippen LogP contribution >= 0.6 is 0 Å². The van der Waals surface area contributed by atoms with E-state index < -0.39 is 12.0 Å². The first-order valence-electron chi connectivity index (χ1n) is 8.92. The molecule has 1 unspecified atom stereocenters. The molecule has 1 aromatic carbocycles. The summed E-state index contributed by atoms with van der Waals surface area (Å²) >= 11 is 0. The number of carboxylic acid groups (broad SMARTS) is 1. The first-order chi connectivity index (χ1) is 12.5. The minimum absolute atomic E-state index is 0.131. The number of carboxylic acids is 1. The summed E-state index contributed by atoms with van der Waals surface area (Å²) in [6.45, 7) is 4.26. The van der Waals surface area contributed by atoms with E-state index >= 15 is 0 Å². The number of amides is 1. The third kappa shape index (κ3) is 3.92. The van der Waals surface area contributed by atoms with Crippen molar-refractivity contribution >= 4 is 11.9 Å². The molecule has 1 aromatic heterocycles. The lowest BCUT2D eigenvalue weighted by atomic mass is 10.0. The van der Waals surface area contributed by atoms with Crippen molar-refractivity contribution in [3.8, 4) is 0 Å². The minimum atomic E-state index is -0.989. The molecule has 2 aromatic rings. The molecule has 7 nitrogen and oxygen atoms in total. The number of rotatable bonds is 6. The lowest BCUT2D eigenvalue weighted by Crippen LogP contribution is -2.50. The van der Waals surface area contributed by atoms with Gasteiger partial charge in [0, 0.05) is 6.42 Å². The zero-order chi connectivity index (χ0) is 18.7. The Labute approximate surface area is 152 Å². The van der Waals surface area contributed by atoms with Crippen molar-refractivity contribution in [2.24, 2.45) is 0 Å². The van der Waals surface area contributed by atoms with Gasteiger partial charge in [-0.2, -0.15) is 0 Å². The monoisotopic (exact) mass is 356 g/mol. The SMILES string of the molecule is Cc1ccc(CCCCC(=O)N2Cc3nnc(C)n3CC2C(=O)O)cc1. The zero-order valence-electron chi connectivity index (χ0n) is 15.2. The molecule has 0 spiro atoms. The Kier molecular flexibility index (Phi) is 5.35. The van der Waals surface area contributed by atoms with Crippen molar-refractivity contribution in [3.05, 3.63) is 47.0 Å². The van der Waals surface area contributed by atoms with E-state index in [9.17, 15) is 14.7 Å². The Morgan fingerprint density at radius 3 is 2.58 bits per heavy atom. The van der Waals surface area contributed by atoms with E-state index in [2.05, 4.69) is 41.4 Å². The van der Waals surface area contributed by atoms with Gasteiger partial charge in [-0.15, -0.1) is 10.2 Å². The highest BCUT2D eigenvalue weighted by Crippen LogP contribution is 2.20. The summed E-state index contributed by atoms with van der Waals surface area (Å²) in [5.41, 5.74) is 2.49. The largest absolute Gasteiger partial charge is 0.480 e. The number of fused-ring (bicyclic) bond motifs is 1. The van der Waals surface area contributed by atoms with Crippen molar-refractivity contribution < 1.29 is 14.7 Å². The lowest BCUT2D eigenvalue weighted by Gasteiger charge is -2.33. The highest BCUT2D eigenvalue weighted by molar-refractivity contribution is 5.83. The van der Waals surface area contributed by atoms with E-state index in [-0.39, 0.29) is 19.0 Å². The summed E-state index contributed by atoms with van der Waals surface area (Å²) in [5, 5.41) is 17.5. The molecule has 138 valence electrons. The van der Waals surface area contributed by atoms with Gasteiger partial charge in [0.1, 0.15) is 11.9 Å². The van der Waals surface area contributed by atoms with Crippen LogP contribution < -0.4 is 0 Å². The average molecular weight is 356 g/mol. The number of nitrogens with zero attached hydrogens (tertiary/aromatic N) is 4. The molecular formula is C19H24N4O3. The highest BCUT2D eigenvalue weighted by Gasteiger charge is 2.35. The van der Waals surface area contributed by atoms with Gasteiger partial charge in [0.2, 0.25) is 5.91 Å². The van der Waals surface area contributed by atoms with Crippen LogP contribution in [0.25, 0.3) is 0 Å². The van der Waals surface area contributed by atoms with Crippen LogP contribution in [0.5, 0.6) is 0 Å². The maximum Gasteiger partial charge on any atom is 0.328 e. The number of aryl methyl sites for hydroxylation is 3. The molecule has 0 bridgehead atoms. The predicted molar refractivity (Wildman–Crippen MR) is 95.5 cm³/mol. The Hall–Kier alpha value is -2.70. The molecule has 3 rings (SSSR count). The third-order valence-electron chi connectivity index (χ3n) is 4.89. The Morgan fingerprint density at radius 2 is 1.88 bits per heavy atom. The summed E-state index contributed by atoms with van der Waals surface area (Å²) in [5.74, 6) is 0.203. The van der Waals surface area contributed by atoms with Crippen LogP contribution in [-0.2, 0) is 29.1 Å². The molecule has 0 aliphatic carbocycles. The second-order valence-electron chi connectivity index (χ2n) is 6.84. The van der Waals surface area contributed by atoms with Crippen LogP contribution in [0.1, 0.15) is 42.0 Å². The Morgan fingerprint density at radius 1 is 1.15 bits per heavy atom. The molecule has 1 amide bonds. The fourth-order valence-electron chi connectivity index (χ4n) is 3.29. The summed E-state index contributed by atoms with van der Waals surface area (Å²) < 4.78 is 1.78. The van der Waals surface area contributed by atoms with E-state index in [1.807, 2.05) is 0 Å². The van der Waals surface area contributed by atoms with Crippen molar-refractivity contribution in [1.82, 2.24) is 19.7 Å². The molecular weight excluding hydrogens is 332 g/mol. The fraction of sp³-hybridized carbons (Fsp3) is 0.474. The topological polar surface area (TPSA) is 88.3 Å². The van der Waals surface area contributed by atoms with Crippen molar-refractivity contribution in [2.45, 2.75) is 58.7 Å². The van der Waals surface area contributed by atoms with Gasteiger partial charge in [-0.3, -0.25) is 4.79 Å². The van der Waals surface area contributed by atoms with Crippen molar-refractivity contribution in [1.29, 1.82) is 0 Å². The normalized spacial score (nSPS) is 16.4. The maximum absolute atomic E-state index is 12.6. The number of benzene rings is 1. The fourth-order valence-corrected chi connectivity index (χ4v) is 3.29.